The van der Waals surface area contributed by atoms with E-state index >= 15 is 0 Å². The van der Waals surface area contributed by atoms with E-state index in [1.165, 1.54) is 16.9 Å². The van der Waals surface area contributed by atoms with Crippen molar-refractivity contribution in [3.8, 4) is 0 Å². The third-order valence-corrected chi connectivity index (χ3v) is 6.21. The van der Waals surface area contributed by atoms with Crippen LogP contribution in [0.3, 0.4) is 0 Å². The Morgan fingerprint density at radius 3 is 2.15 bits per heavy atom. The van der Waals surface area contributed by atoms with Crippen LogP contribution in [0.15, 0.2) is 47.8 Å². The van der Waals surface area contributed by atoms with Crippen LogP contribution in [0.4, 0.5) is 0 Å². The maximum Gasteiger partial charge on any atom is 0.241 e. The number of rotatable bonds is 8. The average Bonchev–Trinajstić information content (AvgIpc) is 2.45. The summed E-state index contributed by atoms with van der Waals surface area (Å²) in [4.78, 5) is 0. The molecule has 0 spiro atoms. The van der Waals surface area contributed by atoms with Gasteiger partial charge >= 0.3 is 0 Å². The zero-order valence-corrected chi connectivity index (χ0v) is 19.8. The first-order valence-electron chi connectivity index (χ1n) is 10.1. The van der Waals surface area contributed by atoms with Gasteiger partial charge in [-0.25, -0.2) is 0 Å². The van der Waals surface area contributed by atoms with Gasteiger partial charge in [-0.15, -0.1) is 6.58 Å². The molecule has 0 aromatic carbocycles. The van der Waals surface area contributed by atoms with Crippen LogP contribution in [0.1, 0.15) is 67.2 Å². The largest absolute Gasteiger partial charge is 0.547 e. The van der Waals surface area contributed by atoms with E-state index in [0.717, 1.165) is 25.7 Å². The second-order valence-corrected chi connectivity index (χ2v) is 14.7. The predicted molar refractivity (Wildman–Crippen MR) is 120 cm³/mol. The molecule has 1 rings (SSSR count). The lowest BCUT2D eigenvalue weighted by atomic mass is 9.59. The standard InChI is InChI=1S/C24H42OSi/c1-11-15-24(16-14-20(4)5)17-21(13-12-19(2)3)23(6,7)18-22(24)25-26(8,9)10/h11-12,14,18,21H,1,13,15-17H2,2-10H3/t21-,24+/m0/s1. The first-order chi connectivity index (χ1) is 11.8. The molecular formula is C24H42OSi. The molecule has 0 radical (unpaired) electrons. The maximum atomic E-state index is 6.70. The minimum Gasteiger partial charge on any atom is -0.547 e. The molecule has 26 heavy (non-hydrogen) atoms. The van der Waals surface area contributed by atoms with Gasteiger partial charge in [-0.1, -0.05) is 43.2 Å². The highest BCUT2D eigenvalue weighted by Gasteiger charge is 2.46. The van der Waals surface area contributed by atoms with Gasteiger partial charge in [0.1, 0.15) is 0 Å². The normalized spacial score (nSPS) is 25.1. The van der Waals surface area contributed by atoms with E-state index in [9.17, 15) is 0 Å². The van der Waals surface area contributed by atoms with Crippen molar-refractivity contribution in [2.45, 2.75) is 86.9 Å². The van der Waals surface area contributed by atoms with Crippen molar-refractivity contribution in [1.82, 2.24) is 0 Å². The molecule has 0 saturated heterocycles. The zero-order valence-electron chi connectivity index (χ0n) is 18.8. The van der Waals surface area contributed by atoms with Gasteiger partial charge in [-0.3, -0.25) is 0 Å². The van der Waals surface area contributed by atoms with Crippen LogP contribution in [0, 0.1) is 16.7 Å². The number of hydrogen-bond donors (Lipinski definition) is 0. The Morgan fingerprint density at radius 1 is 1.12 bits per heavy atom. The van der Waals surface area contributed by atoms with Crippen molar-refractivity contribution in [3.63, 3.8) is 0 Å². The Kier molecular flexibility index (Phi) is 7.77. The van der Waals surface area contributed by atoms with Crippen molar-refractivity contribution < 1.29 is 4.43 Å². The van der Waals surface area contributed by atoms with Crippen molar-refractivity contribution in [3.05, 3.63) is 47.8 Å². The summed E-state index contributed by atoms with van der Waals surface area (Å²) in [5, 5.41) is 0. The summed E-state index contributed by atoms with van der Waals surface area (Å²) in [6.45, 7) is 24.5. The molecule has 148 valence electrons. The summed E-state index contributed by atoms with van der Waals surface area (Å²) >= 11 is 0. The van der Waals surface area contributed by atoms with Gasteiger partial charge in [0.2, 0.25) is 8.32 Å². The fraction of sp³-hybridized carbons (Fsp3) is 0.667. The predicted octanol–water partition coefficient (Wildman–Crippen LogP) is 8.04. The summed E-state index contributed by atoms with van der Waals surface area (Å²) in [5.41, 5.74) is 2.99. The molecule has 0 aromatic heterocycles. The van der Waals surface area contributed by atoms with Crippen LogP contribution in [0.2, 0.25) is 19.6 Å². The molecule has 0 bridgehead atoms. The van der Waals surface area contributed by atoms with E-state index in [4.69, 9.17) is 4.43 Å². The van der Waals surface area contributed by atoms with Crippen LogP contribution in [-0.2, 0) is 4.43 Å². The SMILES string of the molecule is C=CC[C@@]1(CC=C(C)C)C[C@H](CC=C(C)C)C(C)(C)C=C1O[Si](C)(C)C. The summed E-state index contributed by atoms with van der Waals surface area (Å²) in [6, 6.07) is 0. The second kappa shape index (κ2) is 8.78. The third-order valence-electron chi connectivity index (χ3n) is 5.38. The van der Waals surface area contributed by atoms with Gasteiger partial charge in [-0.05, 0) is 90.4 Å². The summed E-state index contributed by atoms with van der Waals surface area (Å²) in [7, 11) is -1.67. The van der Waals surface area contributed by atoms with E-state index in [2.05, 4.69) is 92.1 Å². The molecule has 1 aliphatic rings. The van der Waals surface area contributed by atoms with Crippen LogP contribution >= 0.6 is 0 Å². The average molecular weight is 375 g/mol. The van der Waals surface area contributed by atoms with Crippen molar-refractivity contribution in [1.29, 1.82) is 0 Å². The third kappa shape index (κ3) is 6.61. The van der Waals surface area contributed by atoms with Crippen molar-refractivity contribution >= 4 is 8.32 Å². The monoisotopic (exact) mass is 374 g/mol. The second-order valence-electron chi connectivity index (χ2n) is 10.2. The van der Waals surface area contributed by atoms with Gasteiger partial charge in [0.05, 0.1) is 5.76 Å². The molecule has 1 aliphatic carbocycles. The van der Waals surface area contributed by atoms with Gasteiger partial charge < -0.3 is 4.43 Å². The summed E-state index contributed by atoms with van der Waals surface area (Å²) in [5.74, 6) is 1.85. The maximum absolute atomic E-state index is 6.70. The van der Waals surface area contributed by atoms with E-state index in [0.29, 0.717) is 5.92 Å². The molecule has 0 aromatic rings. The van der Waals surface area contributed by atoms with E-state index in [-0.39, 0.29) is 10.8 Å². The molecular weight excluding hydrogens is 332 g/mol. The van der Waals surface area contributed by atoms with Crippen molar-refractivity contribution in [2.24, 2.45) is 16.7 Å². The Hall–Kier alpha value is -1.02. The van der Waals surface area contributed by atoms with E-state index in [1.54, 1.807) is 0 Å². The molecule has 0 fully saturated rings. The Bertz CT molecular complexity index is 578. The first kappa shape index (κ1) is 23.0. The molecule has 0 amide bonds. The molecule has 0 heterocycles. The van der Waals surface area contributed by atoms with Crippen LogP contribution in [-0.4, -0.2) is 8.32 Å². The van der Waals surface area contributed by atoms with Gasteiger partial charge in [0.25, 0.3) is 0 Å². The molecule has 0 N–H and O–H groups in total. The molecule has 2 heteroatoms. The van der Waals surface area contributed by atoms with Gasteiger partial charge in [0, 0.05) is 5.41 Å². The van der Waals surface area contributed by atoms with Gasteiger partial charge in [-0.2, -0.15) is 0 Å². The Morgan fingerprint density at radius 2 is 1.69 bits per heavy atom. The highest BCUT2D eigenvalue weighted by atomic mass is 28.4. The van der Waals surface area contributed by atoms with Crippen LogP contribution in [0.5, 0.6) is 0 Å². The summed E-state index contributed by atoms with van der Waals surface area (Å²) < 4.78 is 6.70. The van der Waals surface area contributed by atoms with Crippen molar-refractivity contribution in [2.75, 3.05) is 0 Å². The lowest BCUT2D eigenvalue weighted by molar-refractivity contribution is 0.104. The lowest BCUT2D eigenvalue weighted by Gasteiger charge is -2.48. The first-order valence-corrected chi connectivity index (χ1v) is 13.5. The van der Waals surface area contributed by atoms with Crippen LogP contribution < -0.4 is 0 Å². The lowest BCUT2D eigenvalue weighted by Crippen LogP contribution is -2.41. The van der Waals surface area contributed by atoms with E-state index < -0.39 is 8.32 Å². The molecule has 0 unspecified atom stereocenters. The Balaban J connectivity index is 3.43. The highest BCUT2D eigenvalue weighted by Crippen LogP contribution is 2.54. The van der Waals surface area contributed by atoms with E-state index in [1.807, 2.05) is 0 Å². The Labute approximate surface area is 164 Å². The minimum atomic E-state index is -1.67. The van der Waals surface area contributed by atoms with Gasteiger partial charge in [0.15, 0.2) is 0 Å². The summed E-state index contributed by atoms with van der Waals surface area (Å²) in [6.07, 6.45) is 13.7. The molecule has 2 atom stereocenters. The quantitative estimate of drug-likeness (QED) is 0.308. The fourth-order valence-corrected chi connectivity index (χ4v) is 4.74. The fourth-order valence-electron chi connectivity index (χ4n) is 3.80. The minimum absolute atomic E-state index is 0.0506. The molecule has 1 nitrogen and oxygen atoms in total. The number of hydrogen-bond acceptors (Lipinski definition) is 1. The topological polar surface area (TPSA) is 9.23 Å². The molecule has 0 aliphatic heterocycles. The molecule has 0 saturated carbocycles. The highest BCUT2D eigenvalue weighted by molar-refractivity contribution is 6.70. The number of allylic oxidation sites excluding steroid dienone is 7. The zero-order chi connectivity index (χ0) is 20.2. The van der Waals surface area contributed by atoms with Crippen LogP contribution in [0.25, 0.3) is 0 Å². The smallest absolute Gasteiger partial charge is 0.241 e.